The topological polar surface area (TPSA) is 67.3 Å². The lowest BCUT2D eigenvalue weighted by Crippen LogP contribution is -2.33. The van der Waals surface area contributed by atoms with Crippen molar-refractivity contribution in [1.82, 2.24) is 15.3 Å². The largest absolute Gasteiger partial charge is 0.383 e. The number of ether oxygens (including phenoxy) is 1. The molecule has 1 saturated carbocycles. The molecule has 3 rings (SSSR count). The monoisotopic (exact) mass is 290 g/mol. The van der Waals surface area contributed by atoms with Crippen LogP contribution in [0.1, 0.15) is 12.8 Å². The summed E-state index contributed by atoms with van der Waals surface area (Å²) in [6, 6.07) is 1.83. The van der Waals surface area contributed by atoms with E-state index in [1.165, 1.54) is 0 Å². The number of carbonyl (C=O) groups excluding carboxylic acids is 1. The Kier molecular flexibility index (Phi) is 4.34. The number of hydrogen-bond donors (Lipinski definition) is 1. The van der Waals surface area contributed by atoms with Crippen molar-refractivity contribution in [3.05, 3.63) is 18.5 Å². The smallest absolute Gasteiger partial charge is 0.225 e. The summed E-state index contributed by atoms with van der Waals surface area (Å²) in [6.45, 7) is 3.11. The van der Waals surface area contributed by atoms with Gasteiger partial charge in [0, 0.05) is 45.1 Å². The fraction of sp³-hybridized carbons (Fsp3) is 0.667. The maximum atomic E-state index is 12.1. The average molecular weight is 290 g/mol. The molecule has 2 fully saturated rings. The Labute approximate surface area is 124 Å². The van der Waals surface area contributed by atoms with E-state index in [9.17, 15) is 4.79 Å². The predicted octanol–water partition coefficient (Wildman–Crippen LogP) is 0.702. The number of rotatable bonds is 5. The molecular weight excluding hydrogens is 268 g/mol. The summed E-state index contributed by atoms with van der Waals surface area (Å²) in [5, 5.41) is 2.96. The third kappa shape index (κ3) is 3.15. The molecule has 2 heterocycles. The normalized spacial score (nSPS) is 27.7. The van der Waals surface area contributed by atoms with Crippen molar-refractivity contribution >= 4 is 11.9 Å². The Bertz CT molecular complexity index is 468. The van der Waals surface area contributed by atoms with Gasteiger partial charge in [-0.15, -0.1) is 0 Å². The van der Waals surface area contributed by atoms with E-state index < -0.39 is 0 Å². The molecule has 0 spiro atoms. The third-order valence-corrected chi connectivity index (χ3v) is 4.56. The highest BCUT2D eigenvalue weighted by molar-refractivity contribution is 5.79. The molecule has 1 aliphatic carbocycles. The second kappa shape index (κ2) is 6.39. The fourth-order valence-electron chi connectivity index (χ4n) is 3.55. The fourth-order valence-corrected chi connectivity index (χ4v) is 3.55. The van der Waals surface area contributed by atoms with Gasteiger partial charge in [0.05, 0.1) is 6.61 Å². The van der Waals surface area contributed by atoms with E-state index >= 15 is 0 Å². The van der Waals surface area contributed by atoms with Crippen LogP contribution in [0.5, 0.6) is 0 Å². The van der Waals surface area contributed by atoms with Gasteiger partial charge >= 0.3 is 0 Å². The van der Waals surface area contributed by atoms with Gasteiger partial charge in [-0.3, -0.25) is 4.79 Å². The highest BCUT2D eigenvalue weighted by Crippen LogP contribution is 2.42. The lowest BCUT2D eigenvalue weighted by molar-refractivity contribution is -0.125. The Morgan fingerprint density at radius 1 is 1.33 bits per heavy atom. The summed E-state index contributed by atoms with van der Waals surface area (Å²) >= 11 is 0. The number of hydrogen-bond acceptors (Lipinski definition) is 5. The molecule has 1 aromatic heterocycles. The van der Waals surface area contributed by atoms with Crippen LogP contribution in [0.25, 0.3) is 0 Å². The van der Waals surface area contributed by atoms with Crippen LogP contribution < -0.4 is 10.2 Å². The van der Waals surface area contributed by atoms with E-state index in [1.807, 2.05) is 6.07 Å². The number of nitrogens with zero attached hydrogens (tertiary/aromatic N) is 3. The second-order valence-corrected chi connectivity index (χ2v) is 5.93. The van der Waals surface area contributed by atoms with Crippen molar-refractivity contribution in [2.24, 2.45) is 17.8 Å². The minimum Gasteiger partial charge on any atom is -0.383 e. The molecule has 1 amide bonds. The molecule has 1 N–H and O–H groups in total. The van der Waals surface area contributed by atoms with Crippen LogP contribution in [0.2, 0.25) is 0 Å². The number of carbonyl (C=O) groups is 1. The first-order chi connectivity index (χ1) is 10.3. The second-order valence-electron chi connectivity index (χ2n) is 5.93. The minimum atomic E-state index is 0.163. The van der Waals surface area contributed by atoms with E-state index in [0.29, 0.717) is 25.0 Å². The van der Waals surface area contributed by atoms with E-state index in [4.69, 9.17) is 4.74 Å². The van der Waals surface area contributed by atoms with E-state index in [0.717, 1.165) is 31.9 Å². The lowest BCUT2D eigenvalue weighted by atomic mass is 10.0. The molecule has 1 unspecified atom stereocenters. The molecule has 114 valence electrons. The standard InChI is InChI=1S/C15H22N4O2/c1-21-6-5-16-14(20)11-7-12-9-19(10-13(12)8-11)15-17-3-2-4-18-15/h2-4,11-13H,5-10H2,1H3,(H,16,20)/t11?,12-,13+. The zero-order valence-corrected chi connectivity index (χ0v) is 12.4. The van der Waals surface area contributed by atoms with Gasteiger partial charge in [0.25, 0.3) is 0 Å². The highest BCUT2D eigenvalue weighted by Gasteiger charge is 2.43. The molecule has 1 saturated heterocycles. The van der Waals surface area contributed by atoms with Crippen molar-refractivity contribution in [2.75, 3.05) is 38.3 Å². The zero-order valence-electron chi connectivity index (χ0n) is 12.4. The summed E-state index contributed by atoms with van der Waals surface area (Å²) in [4.78, 5) is 23.0. The van der Waals surface area contributed by atoms with Crippen LogP contribution in [0.4, 0.5) is 5.95 Å². The first kappa shape index (κ1) is 14.3. The molecule has 6 heteroatoms. The number of fused-ring (bicyclic) bond motifs is 1. The van der Waals surface area contributed by atoms with Gasteiger partial charge in [0.1, 0.15) is 0 Å². The first-order valence-corrected chi connectivity index (χ1v) is 7.56. The van der Waals surface area contributed by atoms with Crippen LogP contribution in [-0.2, 0) is 9.53 Å². The molecule has 1 aromatic rings. The molecular formula is C15H22N4O2. The summed E-state index contributed by atoms with van der Waals surface area (Å²) < 4.78 is 4.96. The molecule has 0 aromatic carbocycles. The molecule has 6 nitrogen and oxygen atoms in total. The first-order valence-electron chi connectivity index (χ1n) is 7.56. The Hall–Kier alpha value is -1.69. The van der Waals surface area contributed by atoms with Crippen molar-refractivity contribution < 1.29 is 9.53 Å². The van der Waals surface area contributed by atoms with Crippen LogP contribution in [0.15, 0.2) is 18.5 Å². The van der Waals surface area contributed by atoms with E-state index in [-0.39, 0.29) is 11.8 Å². The van der Waals surface area contributed by atoms with Gasteiger partial charge in [-0.1, -0.05) is 0 Å². The molecule has 3 atom stereocenters. The maximum absolute atomic E-state index is 12.1. The van der Waals surface area contributed by atoms with Gasteiger partial charge in [0.2, 0.25) is 11.9 Å². The molecule has 1 aliphatic heterocycles. The minimum absolute atomic E-state index is 0.163. The molecule has 21 heavy (non-hydrogen) atoms. The summed E-state index contributed by atoms with van der Waals surface area (Å²) in [5.74, 6) is 2.34. The van der Waals surface area contributed by atoms with Crippen molar-refractivity contribution in [2.45, 2.75) is 12.8 Å². The van der Waals surface area contributed by atoms with Gasteiger partial charge in [-0.05, 0) is 30.7 Å². The number of nitrogens with one attached hydrogen (secondary N) is 1. The number of methoxy groups -OCH3 is 1. The van der Waals surface area contributed by atoms with Gasteiger partial charge in [-0.2, -0.15) is 0 Å². The number of amides is 1. The van der Waals surface area contributed by atoms with E-state index in [2.05, 4.69) is 20.2 Å². The summed E-state index contributed by atoms with van der Waals surface area (Å²) in [6.07, 6.45) is 5.52. The quantitative estimate of drug-likeness (QED) is 0.809. The van der Waals surface area contributed by atoms with Crippen LogP contribution in [-0.4, -0.2) is 49.2 Å². The third-order valence-electron chi connectivity index (χ3n) is 4.56. The Morgan fingerprint density at radius 2 is 2.00 bits per heavy atom. The zero-order chi connectivity index (χ0) is 14.7. The average Bonchev–Trinajstić information content (AvgIpc) is 3.07. The van der Waals surface area contributed by atoms with Crippen molar-refractivity contribution in [3.8, 4) is 0 Å². The van der Waals surface area contributed by atoms with Gasteiger partial charge < -0.3 is 15.0 Å². The van der Waals surface area contributed by atoms with Crippen molar-refractivity contribution in [3.63, 3.8) is 0 Å². The molecule has 0 bridgehead atoms. The van der Waals surface area contributed by atoms with E-state index in [1.54, 1.807) is 19.5 Å². The van der Waals surface area contributed by atoms with Gasteiger partial charge in [0.15, 0.2) is 0 Å². The highest BCUT2D eigenvalue weighted by atomic mass is 16.5. The predicted molar refractivity (Wildman–Crippen MR) is 78.8 cm³/mol. The Balaban J connectivity index is 1.51. The molecule has 0 radical (unpaired) electrons. The van der Waals surface area contributed by atoms with Crippen LogP contribution in [0, 0.1) is 17.8 Å². The van der Waals surface area contributed by atoms with Crippen molar-refractivity contribution in [1.29, 1.82) is 0 Å². The SMILES string of the molecule is COCCNC(=O)C1C[C@@H]2CN(c3ncccn3)C[C@@H]2C1. The van der Waals surface area contributed by atoms with Gasteiger partial charge in [-0.25, -0.2) is 9.97 Å². The van der Waals surface area contributed by atoms with Crippen LogP contribution >= 0.6 is 0 Å². The number of anilines is 1. The Morgan fingerprint density at radius 3 is 2.62 bits per heavy atom. The maximum Gasteiger partial charge on any atom is 0.225 e. The number of aromatic nitrogens is 2. The lowest BCUT2D eigenvalue weighted by Gasteiger charge is -2.18. The van der Waals surface area contributed by atoms with Crippen LogP contribution in [0.3, 0.4) is 0 Å². The summed E-state index contributed by atoms with van der Waals surface area (Å²) in [7, 11) is 1.65. The summed E-state index contributed by atoms with van der Waals surface area (Å²) in [5.41, 5.74) is 0. The molecule has 2 aliphatic rings.